The predicted octanol–water partition coefficient (Wildman–Crippen LogP) is 12.8. The van der Waals surface area contributed by atoms with Gasteiger partial charge in [0.15, 0.2) is 0 Å². The maximum atomic E-state index is 2.70. The van der Waals surface area contributed by atoms with Gasteiger partial charge in [-0.15, -0.1) is 0 Å². The molecule has 2 heteroatoms. The van der Waals surface area contributed by atoms with Crippen LogP contribution in [-0.2, 0) is 0 Å². The first kappa shape index (κ1) is 36.4. The topological polar surface area (TPSA) is 6.48 Å². The summed E-state index contributed by atoms with van der Waals surface area (Å²) >= 11 is 0. The number of hydrogen-bond donors (Lipinski definition) is 0. The van der Waals surface area contributed by atoms with Crippen LogP contribution >= 0.6 is 0 Å². The van der Waals surface area contributed by atoms with Crippen molar-refractivity contribution in [2.45, 2.75) is 213 Å². The highest BCUT2D eigenvalue weighted by Gasteiger charge is 2.24. The van der Waals surface area contributed by atoms with Gasteiger partial charge in [0.1, 0.15) is 6.17 Å². The van der Waals surface area contributed by atoms with Gasteiger partial charge in [-0.2, -0.15) is 0 Å². The van der Waals surface area contributed by atoms with Gasteiger partial charge in [0.2, 0.25) is 0 Å². The van der Waals surface area contributed by atoms with E-state index in [0.717, 1.165) is 0 Å². The first-order chi connectivity index (χ1) is 19.3. The molecule has 232 valence electrons. The smallest absolute Gasteiger partial charge is 0.101 e. The average Bonchev–Trinajstić information content (AvgIpc) is 3.33. The largest absolute Gasteiger partial charge is 0.356 e. The van der Waals surface area contributed by atoms with E-state index in [2.05, 4.69) is 43.0 Å². The van der Waals surface area contributed by atoms with Crippen molar-refractivity contribution in [2.24, 2.45) is 0 Å². The van der Waals surface area contributed by atoms with Gasteiger partial charge in [0, 0.05) is 25.5 Å². The maximum Gasteiger partial charge on any atom is 0.101 e. The fourth-order valence-electron chi connectivity index (χ4n) is 6.36. The molecule has 1 aliphatic rings. The van der Waals surface area contributed by atoms with Crippen LogP contribution in [0.1, 0.15) is 207 Å². The van der Waals surface area contributed by atoms with Crippen molar-refractivity contribution in [3.05, 3.63) is 12.4 Å². The fourth-order valence-corrected chi connectivity index (χ4v) is 6.36. The van der Waals surface area contributed by atoms with Crippen LogP contribution in [0.3, 0.4) is 0 Å². The first-order valence-corrected chi connectivity index (χ1v) is 18.5. The van der Waals surface area contributed by atoms with Gasteiger partial charge in [-0.25, -0.2) is 0 Å². The Morgan fingerprint density at radius 3 is 0.897 bits per heavy atom. The number of nitrogens with zero attached hydrogens (tertiary/aromatic N) is 2. The lowest BCUT2D eigenvalue weighted by Crippen LogP contribution is -2.39. The van der Waals surface area contributed by atoms with Crippen LogP contribution in [-0.4, -0.2) is 29.1 Å². The Labute approximate surface area is 248 Å². The van der Waals surface area contributed by atoms with Crippen LogP contribution in [0.4, 0.5) is 0 Å². The van der Waals surface area contributed by atoms with Gasteiger partial charge in [-0.3, -0.25) is 0 Å². The van der Waals surface area contributed by atoms with Crippen molar-refractivity contribution in [1.29, 1.82) is 0 Å². The Kier molecular flexibility index (Phi) is 26.9. The molecule has 1 rings (SSSR count). The lowest BCUT2D eigenvalue weighted by molar-refractivity contribution is 0.135. The molecule has 0 aromatic rings. The van der Waals surface area contributed by atoms with Crippen LogP contribution in [0.25, 0.3) is 0 Å². The van der Waals surface area contributed by atoms with Crippen molar-refractivity contribution >= 4 is 0 Å². The second kappa shape index (κ2) is 28.9. The zero-order chi connectivity index (χ0) is 28.1. The third-order valence-corrected chi connectivity index (χ3v) is 9.07. The van der Waals surface area contributed by atoms with Crippen molar-refractivity contribution in [1.82, 2.24) is 9.80 Å². The highest BCUT2D eigenvalue weighted by atomic mass is 15.4. The summed E-state index contributed by atoms with van der Waals surface area (Å²) in [6.07, 6.45) is 47.0. The molecular weight excluding hydrogens is 472 g/mol. The van der Waals surface area contributed by atoms with E-state index in [4.69, 9.17) is 0 Å². The molecule has 1 heterocycles. The molecule has 0 unspecified atom stereocenters. The summed E-state index contributed by atoms with van der Waals surface area (Å²) in [4.78, 5) is 5.39. The molecule has 0 aromatic carbocycles. The highest BCUT2D eigenvalue weighted by Crippen LogP contribution is 2.24. The Hall–Kier alpha value is -0.660. The van der Waals surface area contributed by atoms with E-state index >= 15 is 0 Å². The average molecular weight is 547 g/mol. The minimum Gasteiger partial charge on any atom is -0.356 e. The molecular formula is C37H74N2. The first-order valence-electron chi connectivity index (χ1n) is 18.5. The lowest BCUT2D eigenvalue weighted by Gasteiger charge is -2.33. The van der Waals surface area contributed by atoms with E-state index in [9.17, 15) is 0 Å². The molecule has 1 aliphatic heterocycles. The highest BCUT2D eigenvalue weighted by molar-refractivity contribution is 4.97. The zero-order valence-corrected chi connectivity index (χ0v) is 27.5. The van der Waals surface area contributed by atoms with E-state index < -0.39 is 0 Å². The molecule has 0 saturated carbocycles. The quantitative estimate of drug-likeness (QED) is 0.0798. The van der Waals surface area contributed by atoms with E-state index in [1.54, 1.807) is 0 Å². The summed E-state index contributed by atoms with van der Waals surface area (Å²) in [5, 5.41) is 0. The lowest BCUT2D eigenvalue weighted by atomic mass is 10.0. The van der Waals surface area contributed by atoms with Crippen LogP contribution < -0.4 is 0 Å². The molecule has 0 bridgehead atoms. The van der Waals surface area contributed by atoms with Gasteiger partial charge in [0.25, 0.3) is 0 Å². The van der Waals surface area contributed by atoms with E-state index in [0.29, 0.717) is 6.17 Å². The second-order valence-corrected chi connectivity index (χ2v) is 12.9. The summed E-state index contributed by atoms with van der Waals surface area (Å²) in [6, 6.07) is 0. The Morgan fingerprint density at radius 2 is 0.590 bits per heavy atom. The number of hydrogen-bond acceptors (Lipinski definition) is 2. The van der Waals surface area contributed by atoms with Crippen LogP contribution in [0.5, 0.6) is 0 Å². The Balaban J connectivity index is 2.12. The summed E-state index contributed by atoms with van der Waals surface area (Å²) < 4.78 is 0. The maximum absolute atomic E-state index is 2.70. The molecule has 0 radical (unpaired) electrons. The van der Waals surface area contributed by atoms with Crippen LogP contribution in [0.15, 0.2) is 12.4 Å². The summed E-state index contributed by atoms with van der Waals surface area (Å²) in [7, 11) is 0. The van der Waals surface area contributed by atoms with E-state index in [-0.39, 0.29) is 0 Å². The number of unbranched alkanes of at least 4 members (excludes halogenated alkanes) is 25. The Morgan fingerprint density at radius 1 is 0.333 bits per heavy atom. The number of rotatable bonds is 31. The minimum atomic E-state index is 0.641. The third kappa shape index (κ3) is 21.7. The molecule has 0 aliphatic carbocycles. The molecule has 0 atom stereocenters. The monoisotopic (exact) mass is 547 g/mol. The van der Waals surface area contributed by atoms with Gasteiger partial charge >= 0.3 is 0 Å². The van der Waals surface area contributed by atoms with Gasteiger partial charge in [-0.05, 0) is 25.7 Å². The SMILES string of the molecule is CCCCCCCCCCCCCCN1C=CN(CCCCCCCCCCCCCC)C1CCCCCC. The summed E-state index contributed by atoms with van der Waals surface area (Å²) in [5.41, 5.74) is 0. The molecule has 0 N–H and O–H groups in total. The summed E-state index contributed by atoms with van der Waals surface area (Å²) in [6.45, 7) is 9.48. The van der Waals surface area contributed by atoms with Crippen molar-refractivity contribution in [2.75, 3.05) is 13.1 Å². The molecule has 0 spiro atoms. The predicted molar refractivity (Wildman–Crippen MR) is 177 cm³/mol. The van der Waals surface area contributed by atoms with Crippen LogP contribution in [0.2, 0.25) is 0 Å². The molecule has 2 nitrogen and oxygen atoms in total. The fraction of sp³-hybridized carbons (Fsp3) is 0.946. The molecule has 0 saturated heterocycles. The molecule has 0 aromatic heterocycles. The zero-order valence-electron chi connectivity index (χ0n) is 27.5. The molecule has 39 heavy (non-hydrogen) atoms. The summed E-state index contributed by atoms with van der Waals surface area (Å²) in [5.74, 6) is 0. The van der Waals surface area contributed by atoms with Gasteiger partial charge < -0.3 is 9.80 Å². The molecule has 0 fully saturated rings. The van der Waals surface area contributed by atoms with Gasteiger partial charge in [0.05, 0.1) is 0 Å². The van der Waals surface area contributed by atoms with Crippen molar-refractivity contribution < 1.29 is 0 Å². The van der Waals surface area contributed by atoms with Crippen LogP contribution in [0, 0.1) is 0 Å². The van der Waals surface area contributed by atoms with Gasteiger partial charge in [-0.1, -0.05) is 181 Å². The molecule has 0 amide bonds. The van der Waals surface area contributed by atoms with E-state index in [1.807, 2.05) is 0 Å². The second-order valence-electron chi connectivity index (χ2n) is 12.9. The van der Waals surface area contributed by atoms with E-state index in [1.165, 1.54) is 199 Å². The van der Waals surface area contributed by atoms with Crippen molar-refractivity contribution in [3.63, 3.8) is 0 Å². The normalized spacial score (nSPS) is 13.8. The third-order valence-electron chi connectivity index (χ3n) is 9.07. The Bertz CT molecular complexity index is 464. The standard InChI is InChI=1S/C37H74N2/c1-4-7-10-13-15-17-19-21-23-25-27-30-33-38-35-36-39(37(38)32-29-12-9-6-3)34-31-28-26-24-22-20-18-16-14-11-8-5-2/h35-37H,4-34H2,1-3H3. The van der Waals surface area contributed by atoms with Crippen molar-refractivity contribution in [3.8, 4) is 0 Å². The minimum absolute atomic E-state index is 0.641.